The minimum Gasteiger partial charge on any atom is -0.370 e. The van der Waals surface area contributed by atoms with Crippen molar-refractivity contribution >= 4 is 17.8 Å². The molecule has 2 saturated heterocycles. The molecule has 3 fully saturated rings. The summed E-state index contributed by atoms with van der Waals surface area (Å²) in [5, 5.41) is 21.4. The van der Waals surface area contributed by atoms with Gasteiger partial charge >= 0.3 is 0 Å². The number of piperidine rings is 2. The lowest BCUT2D eigenvalue weighted by atomic mass is 9.83. The molecule has 6 heterocycles. The van der Waals surface area contributed by atoms with Gasteiger partial charge in [-0.05, 0) is 108 Å². The van der Waals surface area contributed by atoms with Gasteiger partial charge in [-0.15, -0.1) is 0 Å². The number of nitrogens with one attached hydrogen (secondary N) is 4. The Morgan fingerprint density at radius 2 is 1.36 bits per heavy atom. The number of H-pyrrole nitrogens is 2. The highest BCUT2D eigenvalue weighted by atomic mass is 16.2. The zero-order valence-electron chi connectivity index (χ0n) is 31.0. The highest BCUT2D eigenvalue weighted by Crippen LogP contribution is 2.31. The van der Waals surface area contributed by atoms with Crippen LogP contribution in [0.3, 0.4) is 0 Å². The number of carbonyl (C=O) groups excluding carboxylic acids is 2. The maximum absolute atomic E-state index is 12.8. The number of aromatic amines is 2. The summed E-state index contributed by atoms with van der Waals surface area (Å²) in [5.74, 6) is 0.595. The Morgan fingerprint density at radius 3 is 1.87 bits per heavy atom. The molecule has 8 N–H and O–H groups in total. The molecule has 0 aromatic carbocycles. The summed E-state index contributed by atoms with van der Waals surface area (Å²) in [4.78, 5) is 40.3. The van der Waals surface area contributed by atoms with Gasteiger partial charge in [-0.3, -0.25) is 29.8 Å². The zero-order valence-corrected chi connectivity index (χ0v) is 31.0. The summed E-state index contributed by atoms with van der Waals surface area (Å²) in [6.45, 7) is 7.39. The van der Waals surface area contributed by atoms with Gasteiger partial charge in [-0.2, -0.15) is 10.2 Å². The Balaban J connectivity index is 0.000000222. The van der Waals surface area contributed by atoms with Crippen molar-refractivity contribution in [2.24, 2.45) is 22.4 Å². The fourth-order valence-electron chi connectivity index (χ4n) is 7.57. The lowest BCUT2D eigenvalue weighted by Crippen LogP contribution is -2.47. The predicted octanol–water partition coefficient (Wildman–Crippen LogP) is 4.07. The van der Waals surface area contributed by atoms with Crippen molar-refractivity contribution < 1.29 is 9.59 Å². The molecule has 4 aromatic rings. The molecule has 1 saturated carbocycles. The Morgan fingerprint density at radius 1 is 0.811 bits per heavy atom. The van der Waals surface area contributed by atoms with Gasteiger partial charge in [0.2, 0.25) is 11.8 Å². The van der Waals surface area contributed by atoms with Crippen LogP contribution >= 0.6 is 0 Å². The quantitative estimate of drug-likeness (QED) is 0.109. The molecular weight excluding hydrogens is 669 g/mol. The number of aromatic nitrogens is 6. The minimum atomic E-state index is -0.628. The van der Waals surface area contributed by atoms with Crippen molar-refractivity contribution in [1.29, 1.82) is 0 Å². The summed E-state index contributed by atoms with van der Waals surface area (Å²) >= 11 is 0. The van der Waals surface area contributed by atoms with Crippen LogP contribution in [0.5, 0.6) is 0 Å². The summed E-state index contributed by atoms with van der Waals surface area (Å²) in [6, 6.07) is 11.7. The summed E-state index contributed by atoms with van der Waals surface area (Å²) in [6.07, 6.45) is 12.9. The molecule has 14 heteroatoms. The van der Waals surface area contributed by atoms with E-state index in [1.807, 2.05) is 49.3 Å². The molecule has 2 aliphatic heterocycles. The minimum absolute atomic E-state index is 0.0403. The van der Waals surface area contributed by atoms with Crippen molar-refractivity contribution in [1.82, 2.24) is 45.9 Å². The molecule has 4 aromatic heterocycles. The van der Waals surface area contributed by atoms with Gasteiger partial charge < -0.3 is 27.0 Å². The Labute approximate surface area is 311 Å². The van der Waals surface area contributed by atoms with Crippen LogP contribution in [0.4, 0.5) is 0 Å². The summed E-state index contributed by atoms with van der Waals surface area (Å²) < 4.78 is 0. The smallest absolute Gasteiger partial charge is 0.245 e. The van der Waals surface area contributed by atoms with Crippen molar-refractivity contribution in [3.8, 4) is 22.5 Å². The molecule has 1 atom stereocenters. The zero-order chi connectivity index (χ0) is 37.2. The number of amides is 2. The monoisotopic (exact) mass is 722 g/mol. The van der Waals surface area contributed by atoms with E-state index in [0.717, 1.165) is 91.2 Å². The first-order valence-corrected chi connectivity index (χ1v) is 19.0. The van der Waals surface area contributed by atoms with Crippen LogP contribution in [0, 0.1) is 19.8 Å². The van der Waals surface area contributed by atoms with E-state index in [0.29, 0.717) is 24.9 Å². The number of aliphatic imine (C=N–C) groups is 1. The maximum atomic E-state index is 12.8. The van der Waals surface area contributed by atoms with Gasteiger partial charge in [0, 0.05) is 71.2 Å². The van der Waals surface area contributed by atoms with Crippen molar-refractivity contribution in [2.45, 2.75) is 89.5 Å². The second kappa shape index (κ2) is 18.1. The van der Waals surface area contributed by atoms with Crippen LogP contribution in [-0.4, -0.2) is 91.8 Å². The molecule has 53 heavy (non-hydrogen) atoms. The number of carbonyl (C=O) groups is 2. The molecule has 2 amide bonds. The third kappa shape index (κ3) is 10.3. The fourth-order valence-corrected chi connectivity index (χ4v) is 7.57. The first-order chi connectivity index (χ1) is 25.7. The van der Waals surface area contributed by atoms with Gasteiger partial charge in [0.05, 0.1) is 17.9 Å². The average molecular weight is 723 g/mol. The lowest BCUT2D eigenvalue weighted by molar-refractivity contribution is -0.134. The number of aryl methyl sites for hydroxylation is 2. The molecule has 7 rings (SSSR count). The summed E-state index contributed by atoms with van der Waals surface area (Å²) in [7, 11) is 0. The molecule has 14 nitrogen and oxygen atoms in total. The first-order valence-electron chi connectivity index (χ1n) is 19.0. The Kier molecular flexibility index (Phi) is 12.8. The average Bonchev–Trinajstić information content (AvgIpc) is 3.89. The maximum Gasteiger partial charge on any atom is 0.245 e. The van der Waals surface area contributed by atoms with Gasteiger partial charge in [0.25, 0.3) is 0 Å². The van der Waals surface area contributed by atoms with E-state index < -0.39 is 6.04 Å². The topological polar surface area (TPSA) is 209 Å². The number of pyridine rings is 2. The van der Waals surface area contributed by atoms with Crippen LogP contribution in [-0.2, 0) is 9.59 Å². The second-order valence-corrected chi connectivity index (χ2v) is 14.6. The largest absolute Gasteiger partial charge is 0.370 e. The Bertz CT molecular complexity index is 1790. The van der Waals surface area contributed by atoms with Crippen LogP contribution in [0.2, 0.25) is 0 Å². The van der Waals surface area contributed by atoms with Crippen LogP contribution in [0.25, 0.3) is 22.5 Å². The molecule has 282 valence electrons. The number of rotatable bonds is 9. The third-order valence-corrected chi connectivity index (χ3v) is 10.7. The van der Waals surface area contributed by atoms with Crippen molar-refractivity contribution in [3.05, 3.63) is 71.6 Å². The molecule has 0 radical (unpaired) electrons. The molecule has 0 spiro atoms. The van der Waals surface area contributed by atoms with E-state index in [-0.39, 0.29) is 30.2 Å². The first kappa shape index (κ1) is 37.6. The van der Waals surface area contributed by atoms with Gasteiger partial charge in [0.15, 0.2) is 5.96 Å². The number of guanidine groups is 1. The predicted molar refractivity (Wildman–Crippen MR) is 206 cm³/mol. The van der Waals surface area contributed by atoms with Crippen molar-refractivity contribution in [3.63, 3.8) is 0 Å². The normalized spacial score (nSPS) is 17.7. The summed E-state index contributed by atoms with van der Waals surface area (Å²) in [5.41, 5.74) is 19.4. The number of nitrogens with two attached hydrogens (primary N) is 2. The Hall–Kier alpha value is -5.11. The van der Waals surface area contributed by atoms with Crippen LogP contribution in [0.1, 0.15) is 92.4 Å². The lowest BCUT2D eigenvalue weighted by Gasteiger charge is -2.32. The van der Waals surface area contributed by atoms with Crippen LogP contribution in [0.15, 0.2) is 53.8 Å². The van der Waals surface area contributed by atoms with Crippen molar-refractivity contribution in [2.75, 3.05) is 32.7 Å². The molecule has 0 bridgehead atoms. The van der Waals surface area contributed by atoms with E-state index in [2.05, 4.69) is 64.2 Å². The van der Waals surface area contributed by atoms with E-state index >= 15 is 0 Å². The molecule has 0 unspecified atom stereocenters. The fraction of sp³-hybridized carbons (Fsp3) is 0.513. The third-order valence-electron chi connectivity index (χ3n) is 10.7. The molecular formula is C39H54N12O2. The van der Waals surface area contributed by atoms with Crippen LogP contribution < -0.4 is 22.1 Å². The molecule has 3 aliphatic rings. The van der Waals surface area contributed by atoms with Gasteiger partial charge in [-0.1, -0.05) is 19.3 Å². The van der Waals surface area contributed by atoms with E-state index in [1.165, 1.54) is 25.0 Å². The second-order valence-electron chi connectivity index (χ2n) is 14.6. The number of nitrogens with zero attached hydrogens (tertiary/aromatic N) is 6. The number of hydrogen-bond acceptors (Lipinski definition) is 8. The SMILES string of the molecule is Cc1ccc(-c2cc(C3CCN(C(=O)CNC(=O)[C@H](N=C(N)N)C4CCCCC4)CC3)[nH]n2)cn1.Cc1ccc(-c2cc(C3CCNCC3)[nH]n2)cn1. The van der Waals surface area contributed by atoms with Gasteiger partial charge in [-0.25, -0.2) is 4.99 Å². The van der Waals surface area contributed by atoms with Gasteiger partial charge in [0.1, 0.15) is 6.04 Å². The van der Waals surface area contributed by atoms with E-state index in [4.69, 9.17) is 11.5 Å². The standard InChI is InChI=1S/C25H36N8O2.C14H18N4/c1-16-7-8-19(14-28-16)21-13-20(31-32-21)17-9-11-33(12-10-17)22(34)15-29-24(35)23(30-25(26)27)18-5-3-2-4-6-18;1-10-2-3-12(9-16-10)14-8-13(17-18-14)11-4-6-15-7-5-11/h7-8,13-14,17-18,23H,2-6,9-12,15H2,1H3,(H,29,35)(H,31,32)(H4,26,27,30);2-3,8-9,11,15H,4-7H2,1H3,(H,17,18)/t23-;/m1./s1. The highest BCUT2D eigenvalue weighted by molar-refractivity contribution is 5.89. The van der Waals surface area contributed by atoms with E-state index in [1.54, 1.807) is 0 Å². The highest BCUT2D eigenvalue weighted by Gasteiger charge is 2.31. The van der Waals surface area contributed by atoms with E-state index in [9.17, 15) is 9.59 Å². The molecule has 1 aliphatic carbocycles. The number of hydrogen-bond donors (Lipinski definition) is 6. The number of likely N-dealkylation sites (tertiary alicyclic amines) is 1.